The third-order valence-electron chi connectivity index (χ3n) is 3.72. The van der Waals surface area contributed by atoms with E-state index in [1.165, 1.54) is 5.56 Å². The molecule has 1 amide bonds. The first-order chi connectivity index (χ1) is 12.1. The Morgan fingerprint density at radius 2 is 1.72 bits per heavy atom. The van der Waals surface area contributed by atoms with Gasteiger partial charge in [0.05, 0.1) is 5.56 Å². The maximum atomic E-state index is 12.2. The average Bonchev–Trinajstić information content (AvgIpc) is 2.63. The lowest BCUT2D eigenvalue weighted by molar-refractivity contribution is 0.0950. The molecule has 2 aromatic carbocycles. The number of benzene rings is 2. The topological polar surface area (TPSA) is 54.0 Å². The van der Waals surface area contributed by atoms with Gasteiger partial charge in [0.2, 0.25) is 0 Å². The van der Waals surface area contributed by atoms with Crippen molar-refractivity contribution < 1.29 is 4.79 Å². The molecule has 0 saturated heterocycles. The number of aromatic nitrogens is 1. The van der Waals surface area contributed by atoms with Crippen LogP contribution < -0.4 is 10.6 Å². The summed E-state index contributed by atoms with van der Waals surface area (Å²) in [5.41, 5.74) is 3.66. The van der Waals surface area contributed by atoms with Crippen LogP contribution in [0.5, 0.6) is 0 Å². The third kappa shape index (κ3) is 4.81. The van der Waals surface area contributed by atoms with E-state index in [4.69, 9.17) is 11.6 Å². The fourth-order valence-electron chi connectivity index (χ4n) is 2.27. The second kappa shape index (κ2) is 7.81. The monoisotopic (exact) mass is 351 g/mol. The minimum Gasteiger partial charge on any atom is -0.348 e. The number of hydrogen-bond acceptors (Lipinski definition) is 3. The Balaban J connectivity index is 1.58. The molecule has 0 fully saturated rings. The highest BCUT2D eigenvalue weighted by molar-refractivity contribution is 6.30. The molecule has 3 aromatic rings. The molecule has 0 spiro atoms. The fraction of sp³-hybridized carbons (Fsp3) is 0.100. The molecule has 4 nitrogen and oxygen atoms in total. The number of carbonyl (C=O) groups excluding carboxylic acids is 1. The quantitative estimate of drug-likeness (QED) is 0.699. The Morgan fingerprint density at radius 3 is 2.36 bits per heavy atom. The second-order valence-corrected chi connectivity index (χ2v) is 6.17. The van der Waals surface area contributed by atoms with Crippen LogP contribution in [-0.4, -0.2) is 10.9 Å². The molecule has 25 heavy (non-hydrogen) atoms. The van der Waals surface area contributed by atoms with Crippen LogP contribution in [0, 0.1) is 6.92 Å². The number of nitrogens with zero attached hydrogens (tertiary/aromatic N) is 1. The van der Waals surface area contributed by atoms with Crippen LogP contribution in [0.15, 0.2) is 66.9 Å². The zero-order valence-corrected chi connectivity index (χ0v) is 14.5. The number of aryl methyl sites for hydroxylation is 1. The molecule has 0 atom stereocenters. The number of pyridine rings is 1. The summed E-state index contributed by atoms with van der Waals surface area (Å²) in [5, 5.41) is 6.75. The number of halogens is 1. The van der Waals surface area contributed by atoms with Gasteiger partial charge in [0.15, 0.2) is 0 Å². The Bertz CT molecular complexity index is 844. The highest BCUT2D eigenvalue weighted by Crippen LogP contribution is 2.15. The van der Waals surface area contributed by atoms with E-state index in [2.05, 4.69) is 15.6 Å². The van der Waals surface area contributed by atoms with E-state index in [1.54, 1.807) is 30.5 Å². The van der Waals surface area contributed by atoms with Gasteiger partial charge in [0.25, 0.3) is 5.91 Å². The molecular formula is C20H18ClN3O. The second-order valence-electron chi connectivity index (χ2n) is 5.73. The van der Waals surface area contributed by atoms with Crippen LogP contribution in [0.1, 0.15) is 21.5 Å². The van der Waals surface area contributed by atoms with Gasteiger partial charge in [-0.25, -0.2) is 4.98 Å². The van der Waals surface area contributed by atoms with E-state index in [0.717, 1.165) is 11.3 Å². The molecule has 2 N–H and O–H groups in total. The average molecular weight is 352 g/mol. The van der Waals surface area contributed by atoms with Crippen molar-refractivity contribution in [3.8, 4) is 0 Å². The molecule has 0 radical (unpaired) electrons. The van der Waals surface area contributed by atoms with Crippen LogP contribution in [0.4, 0.5) is 11.5 Å². The van der Waals surface area contributed by atoms with Gasteiger partial charge >= 0.3 is 0 Å². The molecule has 0 saturated carbocycles. The van der Waals surface area contributed by atoms with Crippen LogP contribution in [0.2, 0.25) is 5.02 Å². The Kier molecular flexibility index (Phi) is 5.31. The lowest BCUT2D eigenvalue weighted by Gasteiger charge is -2.08. The van der Waals surface area contributed by atoms with Gasteiger partial charge in [-0.2, -0.15) is 0 Å². The number of amides is 1. The molecule has 5 heteroatoms. The maximum absolute atomic E-state index is 12.2. The van der Waals surface area contributed by atoms with Crippen LogP contribution in [0.25, 0.3) is 0 Å². The van der Waals surface area contributed by atoms with Crippen molar-refractivity contribution in [1.29, 1.82) is 0 Å². The van der Waals surface area contributed by atoms with Crippen molar-refractivity contribution >= 4 is 29.0 Å². The van der Waals surface area contributed by atoms with Gasteiger partial charge in [-0.3, -0.25) is 4.79 Å². The predicted molar refractivity (Wildman–Crippen MR) is 101 cm³/mol. The first kappa shape index (κ1) is 17.0. The Labute approximate surface area is 151 Å². The summed E-state index contributed by atoms with van der Waals surface area (Å²) in [6.45, 7) is 2.48. The van der Waals surface area contributed by atoms with Crippen molar-refractivity contribution in [3.05, 3.63) is 88.6 Å². The summed E-state index contributed by atoms with van der Waals surface area (Å²) in [4.78, 5) is 16.5. The van der Waals surface area contributed by atoms with Crippen LogP contribution in [-0.2, 0) is 6.54 Å². The molecule has 1 heterocycles. The van der Waals surface area contributed by atoms with E-state index >= 15 is 0 Å². The normalized spacial score (nSPS) is 10.3. The van der Waals surface area contributed by atoms with Crippen LogP contribution >= 0.6 is 11.6 Å². The van der Waals surface area contributed by atoms with Gasteiger partial charge in [-0.05, 0) is 48.9 Å². The van der Waals surface area contributed by atoms with Gasteiger partial charge < -0.3 is 10.6 Å². The molecule has 1 aromatic heterocycles. The van der Waals surface area contributed by atoms with Crippen molar-refractivity contribution in [3.63, 3.8) is 0 Å². The number of hydrogen-bond donors (Lipinski definition) is 2. The lowest BCUT2D eigenvalue weighted by atomic mass is 10.2. The van der Waals surface area contributed by atoms with Crippen molar-refractivity contribution in [1.82, 2.24) is 10.3 Å². The largest absolute Gasteiger partial charge is 0.348 e. The number of anilines is 2. The SMILES string of the molecule is Cc1ccc(Nc2ccc(C(=O)NCc3ccc(Cl)cc3)cn2)cc1. The zero-order valence-electron chi connectivity index (χ0n) is 13.8. The molecule has 0 aliphatic heterocycles. The zero-order chi connectivity index (χ0) is 17.6. The lowest BCUT2D eigenvalue weighted by Crippen LogP contribution is -2.22. The molecule has 0 aliphatic carbocycles. The van der Waals surface area contributed by atoms with E-state index < -0.39 is 0 Å². The van der Waals surface area contributed by atoms with Gasteiger partial charge in [-0.15, -0.1) is 0 Å². The third-order valence-corrected chi connectivity index (χ3v) is 3.97. The summed E-state index contributed by atoms with van der Waals surface area (Å²) >= 11 is 5.85. The van der Waals surface area contributed by atoms with Crippen molar-refractivity contribution in [2.45, 2.75) is 13.5 Å². The smallest absolute Gasteiger partial charge is 0.253 e. The predicted octanol–water partition coefficient (Wildman–Crippen LogP) is 4.72. The standard InChI is InChI=1S/C20H18ClN3O/c1-14-2-9-18(10-3-14)24-19-11-6-16(13-22-19)20(25)23-12-15-4-7-17(21)8-5-15/h2-11,13H,12H2,1H3,(H,22,24)(H,23,25). The molecule has 126 valence electrons. The van der Waals surface area contributed by atoms with E-state index in [1.807, 2.05) is 43.3 Å². The number of rotatable bonds is 5. The van der Waals surface area contributed by atoms with E-state index in [-0.39, 0.29) is 5.91 Å². The molecule has 0 bridgehead atoms. The number of nitrogens with one attached hydrogen (secondary N) is 2. The molecule has 0 unspecified atom stereocenters. The van der Waals surface area contributed by atoms with Gasteiger partial charge in [-0.1, -0.05) is 41.4 Å². The number of carbonyl (C=O) groups is 1. The highest BCUT2D eigenvalue weighted by Gasteiger charge is 2.06. The summed E-state index contributed by atoms with van der Waals surface area (Å²) in [7, 11) is 0. The Morgan fingerprint density at radius 1 is 1.00 bits per heavy atom. The van der Waals surface area contributed by atoms with Crippen LogP contribution in [0.3, 0.4) is 0 Å². The molecule has 0 aliphatic rings. The van der Waals surface area contributed by atoms with Gasteiger partial charge in [0.1, 0.15) is 5.82 Å². The molecule has 3 rings (SSSR count). The van der Waals surface area contributed by atoms with Crippen molar-refractivity contribution in [2.24, 2.45) is 0 Å². The fourth-order valence-corrected chi connectivity index (χ4v) is 2.40. The summed E-state index contributed by atoms with van der Waals surface area (Å²) < 4.78 is 0. The minimum atomic E-state index is -0.163. The highest BCUT2D eigenvalue weighted by atomic mass is 35.5. The first-order valence-electron chi connectivity index (χ1n) is 7.92. The van der Waals surface area contributed by atoms with E-state index in [9.17, 15) is 4.79 Å². The summed E-state index contributed by atoms with van der Waals surface area (Å²) in [6.07, 6.45) is 1.56. The van der Waals surface area contributed by atoms with E-state index in [0.29, 0.717) is 22.9 Å². The maximum Gasteiger partial charge on any atom is 0.253 e. The van der Waals surface area contributed by atoms with Crippen molar-refractivity contribution in [2.75, 3.05) is 5.32 Å². The van der Waals surface area contributed by atoms with Gasteiger partial charge in [0, 0.05) is 23.5 Å². The minimum absolute atomic E-state index is 0.163. The summed E-state index contributed by atoms with van der Waals surface area (Å²) in [5.74, 6) is 0.530. The Hall–Kier alpha value is -2.85. The first-order valence-corrected chi connectivity index (χ1v) is 8.30. The molecular weight excluding hydrogens is 334 g/mol. The summed E-state index contributed by atoms with van der Waals surface area (Å²) in [6, 6.07) is 18.9.